The predicted octanol–water partition coefficient (Wildman–Crippen LogP) is 2.06. The van der Waals surface area contributed by atoms with E-state index < -0.39 is 29.1 Å². The van der Waals surface area contributed by atoms with E-state index in [1.807, 2.05) is 13.8 Å². The van der Waals surface area contributed by atoms with E-state index in [1.54, 1.807) is 25.2 Å². The number of aliphatic hydroxyl groups excluding tert-OH is 2. The van der Waals surface area contributed by atoms with E-state index >= 15 is 0 Å². The molecule has 0 spiro atoms. The van der Waals surface area contributed by atoms with Gasteiger partial charge in [0.2, 0.25) is 0 Å². The number of allylic oxidation sites excluding steroid dienone is 4. The molecule has 0 aliphatic heterocycles. The number of Topliss-reactive ketones (excluding diaryl/α,β-unsaturated/α-hetero) is 1. The van der Waals surface area contributed by atoms with Crippen LogP contribution in [0.4, 0.5) is 0 Å². The molecule has 2 bridgehead atoms. The van der Waals surface area contributed by atoms with Crippen molar-refractivity contribution in [3.05, 3.63) is 35.6 Å². The number of fused-ring (bicyclic) bond motifs is 3. The van der Waals surface area contributed by atoms with E-state index in [4.69, 9.17) is 4.74 Å². The van der Waals surface area contributed by atoms with Crippen molar-refractivity contribution in [3.63, 3.8) is 0 Å². The molecule has 5 atom stereocenters. The summed E-state index contributed by atoms with van der Waals surface area (Å²) < 4.78 is 5.66. The number of carbonyl (C=O) groups is 1. The minimum atomic E-state index is -1.49. The first-order chi connectivity index (χ1) is 10.7. The summed E-state index contributed by atoms with van der Waals surface area (Å²) >= 11 is 0. The zero-order valence-electron chi connectivity index (χ0n) is 14.1. The molecular weight excluding hydrogens is 296 g/mol. The van der Waals surface area contributed by atoms with Gasteiger partial charge in [0, 0.05) is 18.1 Å². The SMILES string of the molecule is C/C=C/C=C/C(O)=C1/C(=O)C2(C)C(OCC)CC1[C@](C)(O)C2O. The van der Waals surface area contributed by atoms with Gasteiger partial charge in [0.1, 0.15) is 5.76 Å². The molecule has 0 aromatic rings. The van der Waals surface area contributed by atoms with E-state index in [9.17, 15) is 20.1 Å². The van der Waals surface area contributed by atoms with Gasteiger partial charge in [-0.05, 0) is 40.2 Å². The molecule has 5 nitrogen and oxygen atoms in total. The summed E-state index contributed by atoms with van der Waals surface area (Å²) in [6, 6.07) is 0. The number of rotatable bonds is 4. The Morgan fingerprint density at radius 2 is 2.04 bits per heavy atom. The second kappa shape index (κ2) is 6.23. The van der Waals surface area contributed by atoms with E-state index in [0.717, 1.165) is 0 Å². The number of ketones is 1. The highest BCUT2D eigenvalue weighted by atomic mass is 16.5. The first kappa shape index (κ1) is 17.9. The molecular formula is C18H26O5. The molecule has 3 aliphatic carbocycles. The molecule has 128 valence electrons. The monoisotopic (exact) mass is 322 g/mol. The standard InChI is InChI=1S/C18H26O5/c1-5-7-8-9-12(19)14-11-10-13(23-6-2)17(3,15(14)20)16(21)18(11,4)22/h5,7-9,11,13,16,19,21-22H,6,10H2,1-4H3/b7-5+,9-8+,14-12-/t11?,13?,16?,17?,18-/m0/s1. The van der Waals surface area contributed by atoms with Gasteiger partial charge in [0.05, 0.1) is 23.2 Å². The molecule has 3 aliphatic rings. The van der Waals surface area contributed by atoms with Gasteiger partial charge >= 0.3 is 0 Å². The fourth-order valence-electron chi connectivity index (χ4n) is 3.88. The van der Waals surface area contributed by atoms with Crippen molar-refractivity contribution in [3.8, 4) is 0 Å². The van der Waals surface area contributed by atoms with Gasteiger partial charge in [-0.3, -0.25) is 4.79 Å². The van der Waals surface area contributed by atoms with Crippen LogP contribution in [-0.4, -0.2) is 45.5 Å². The zero-order valence-corrected chi connectivity index (χ0v) is 14.1. The molecule has 0 aromatic heterocycles. The van der Waals surface area contributed by atoms with Gasteiger partial charge in [0.15, 0.2) is 5.78 Å². The van der Waals surface area contributed by atoms with Gasteiger partial charge in [-0.25, -0.2) is 0 Å². The second-order valence-electron chi connectivity index (χ2n) is 6.66. The number of carbonyl (C=O) groups excluding carboxylic acids is 1. The van der Waals surface area contributed by atoms with Crippen LogP contribution in [0.3, 0.4) is 0 Å². The molecule has 0 aromatic carbocycles. The van der Waals surface area contributed by atoms with Crippen molar-refractivity contribution in [2.75, 3.05) is 6.61 Å². The molecule has 3 N–H and O–H groups in total. The van der Waals surface area contributed by atoms with Gasteiger partial charge in [-0.1, -0.05) is 18.2 Å². The summed E-state index contributed by atoms with van der Waals surface area (Å²) in [6.07, 6.45) is 5.28. The van der Waals surface area contributed by atoms with Crippen LogP contribution in [0.25, 0.3) is 0 Å². The summed E-state index contributed by atoms with van der Waals surface area (Å²) in [6.45, 7) is 7.21. The van der Waals surface area contributed by atoms with Crippen LogP contribution in [0.2, 0.25) is 0 Å². The zero-order chi connectivity index (χ0) is 17.4. The van der Waals surface area contributed by atoms with Crippen LogP contribution in [0.15, 0.2) is 35.6 Å². The Balaban J connectivity index is 2.54. The van der Waals surface area contributed by atoms with Crippen LogP contribution < -0.4 is 0 Å². The van der Waals surface area contributed by atoms with Crippen LogP contribution >= 0.6 is 0 Å². The van der Waals surface area contributed by atoms with E-state index in [0.29, 0.717) is 13.0 Å². The Morgan fingerprint density at radius 3 is 2.61 bits per heavy atom. The molecule has 0 saturated heterocycles. The average Bonchev–Trinajstić information content (AvgIpc) is 2.49. The molecule has 0 radical (unpaired) electrons. The normalized spacial score (nSPS) is 42.9. The summed E-state index contributed by atoms with van der Waals surface area (Å²) in [5, 5.41) is 31.7. The van der Waals surface area contributed by atoms with Crippen molar-refractivity contribution in [2.45, 2.75) is 51.9 Å². The fourth-order valence-corrected chi connectivity index (χ4v) is 3.88. The van der Waals surface area contributed by atoms with E-state index in [-0.39, 0.29) is 17.1 Å². The lowest BCUT2D eigenvalue weighted by atomic mass is 9.49. The van der Waals surface area contributed by atoms with Crippen LogP contribution in [0, 0.1) is 11.3 Å². The van der Waals surface area contributed by atoms with Gasteiger partial charge in [-0.15, -0.1) is 0 Å². The third-order valence-electron chi connectivity index (χ3n) is 5.23. The Labute approximate surface area is 137 Å². The largest absolute Gasteiger partial charge is 0.508 e. The Hall–Kier alpha value is -1.43. The van der Waals surface area contributed by atoms with Crippen LogP contribution in [0.1, 0.15) is 34.1 Å². The number of hydrogen-bond donors (Lipinski definition) is 3. The van der Waals surface area contributed by atoms with E-state index in [1.165, 1.54) is 13.0 Å². The summed E-state index contributed by atoms with van der Waals surface area (Å²) in [5.41, 5.74) is -2.58. The third-order valence-corrected chi connectivity index (χ3v) is 5.23. The van der Waals surface area contributed by atoms with Crippen LogP contribution in [-0.2, 0) is 9.53 Å². The molecule has 3 rings (SSSR count). The minimum absolute atomic E-state index is 0.161. The lowest BCUT2D eigenvalue weighted by Gasteiger charge is -2.59. The number of aliphatic hydroxyl groups is 3. The molecule has 0 heterocycles. The predicted molar refractivity (Wildman–Crippen MR) is 86.9 cm³/mol. The third kappa shape index (κ3) is 2.57. The first-order valence-corrected chi connectivity index (χ1v) is 8.02. The number of ether oxygens (including phenoxy) is 1. The minimum Gasteiger partial charge on any atom is -0.508 e. The van der Waals surface area contributed by atoms with Gasteiger partial charge in [-0.2, -0.15) is 0 Å². The lowest BCUT2D eigenvalue weighted by molar-refractivity contribution is -0.230. The van der Waals surface area contributed by atoms with Crippen molar-refractivity contribution in [2.24, 2.45) is 11.3 Å². The highest BCUT2D eigenvalue weighted by Crippen LogP contribution is 2.56. The molecule has 0 amide bonds. The molecule has 23 heavy (non-hydrogen) atoms. The summed E-state index contributed by atoms with van der Waals surface area (Å²) in [7, 11) is 0. The fraction of sp³-hybridized carbons (Fsp3) is 0.611. The first-order valence-electron chi connectivity index (χ1n) is 8.02. The van der Waals surface area contributed by atoms with Crippen molar-refractivity contribution in [1.82, 2.24) is 0 Å². The Kier molecular flexibility index (Phi) is 4.85. The van der Waals surface area contributed by atoms with Gasteiger partial charge < -0.3 is 20.1 Å². The topological polar surface area (TPSA) is 87.0 Å². The quantitative estimate of drug-likeness (QED) is 0.419. The highest BCUT2D eigenvalue weighted by Gasteiger charge is 2.68. The van der Waals surface area contributed by atoms with Crippen LogP contribution in [0.5, 0.6) is 0 Å². The molecule has 3 fully saturated rings. The molecule has 5 heteroatoms. The van der Waals surface area contributed by atoms with Gasteiger partial charge in [0.25, 0.3) is 0 Å². The molecule has 4 unspecified atom stereocenters. The summed E-state index contributed by atoms with van der Waals surface area (Å²) in [4.78, 5) is 12.9. The Bertz CT molecular complexity index is 572. The van der Waals surface area contributed by atoms with E-state index in [2.05, 4.69) is 0 Å². The highest BCUT2D eigenvalue weighted by molar-refractivity contribution is 6.04. The number of hydrogen-bond acceptors (Lipinski definition) is 5. The lowest BCUT2D eigenvalue weighted by Crippen LogP contribution is -2.71. The molecule has 3 saturated carbocycles. The smallest absolute Gasteiger partial charge is 0.174 e. The Morgan fingerprint density at radius 1 is 1.39 bits per heavy atom. The maximum absolute atomic E-state index is 12.9. The van der Waals surface area contributed by atoms with Crippen molar-refractivity contribution in [1.29, 1.82) is 0 Å². The summed E-state index contributed by atoms with van der Waals surface area (Å²) in [5.74, 6) is -1.18. The van der Waals surface area contributed by atoms with Crippen molar-refractivity contribution < 1.29 is 24.9 Å². The van der Waals surface area contributed by atoms with Crippen molar-refractivity contribution >= 4 is 5.78 Å². The average molecular weight is 322 g/mol. The maximum atomic E-state index is 12.9. The second-order valence-corrected chi connectivity index (χ2v) is 6.66. The maximum Gasteiger partial charge on any atom is 0.174 e.